The summed E-state index contributed by atoms with van der Waals surface area (Å²) in [7, 11) is 1.92. The Bertz CT molecular complexity index is 1670. The minimum atomic E-state index is 0.254. The molecule has 10 heteroatoms. The lowest BCUT2D eigenvalue weighted by Crippen LogP contribution is -2.04. The van der Waals surface area contributed by atoms with Crippen molar-refractivity contribution in [2.24, 2.45) is 7.05 Å². The Morgan fingerprint density at radius 1 is 0.846 bits per heavy atom. The summed E-state index contributed by atoms with van der Waals surface area (Å²) >= 11 is 0. The zero-order valence-electron chi connectivity index (χ0n) is 22.7. The van der Waals surface area contributed by atoms with Gasteiger partial charge in [0.25, 0.3) is 0 Å². The number of pyridine rings is 2. The number of fused-ring (bicyclic) bond motifs is 1. The number of hydrogen-bond acceptors (Lipinski definition) is 9. The molecule has 2 fully saturated rings. The molecule has 0 unspecified atom stereocenters. The summed E-state index contributed by atoms with van der Waals surface area (Å²) in [6.07, 6.45) is 12.4. The average Bonchev–Trinajstić information content (AvgIpc) is 3.84. The van der Waals surface area contributed by atoms with Crippen LogP contribution >= 0.6 is 0 Å². The minimum Gasteiger partial charge on any atom is -0.382 e. The highest BCUT2D eigenvalue weighted by Crippen LogP contribution is 2.48. The minimum absolute atomic E-state index is 0.254. The Balaban J connectivity index is 0.000000210. The van der Waals surface area contributed by atoms with Gasteiger partial charge in [0, 0.05) is 30.6 Å². The normalized spacial score (nSPS) is 16.3. The first kappa shape index (κ1) is 24.8. The highest BCUT2D eigenvalue weighted by Gasteiger charge is 2.40. The van der Waals surface area contributed by atoms with E-state index in [4.69, 9.17) is 10.7 Å². The van der Waals surface area contributed by atoms with Crippen LogP contribution in [0, 0.1) is 6.92 Å². The van der Waals surface area contributed by atoms with Gasteiger partial charge < -0.3 is 11.1 Å². The molecule has 5 aromatic heterocycles. The van der Waals surface area contributed by atoms with Crippen molar-refractivity contribution in [1.82, 2.24) is 40.1 Å². The summed E-state index contributed by atoms with van der Waals surface area (Å²) < 4.78 is 1.81. The molecule has 0 aliphatic heterocycles. The fourth-order valence-corrected chi connectivity index (χ4v) is 4.66. The van der Waals surface area contributed by atoms with E-state index < -0.39 is 0 Å². The number of nitrogens with one attached hydrogen (secondary N) is 1. The molecule has 5 aromatic rings. The maximum atomic E-state index is 5.51. The molecule has 2 aliphatic carbocycles. The van der Waals surface area contributed by atoms with Gasteiger partial charge in [0.2, 0.25) is 0 Å². The van der Waals surface area contributed by atoms with E-state index in [0.717, 1.165) is 33.7 Å². The Labute approximate surface area is 227 Å². The van der Waals surface area contributed by atoms with Crippen LogP contribution in [0.2, 0.25) is 0 Å². The molecule has 10 nitrogen and oxygen atoms in total. The molecule has 0 radical (unpaired) electrons. The lowest BCUT2D eigenvalue weighted by molar-refractivity contribution is 0.756. The number of anilines is 3. The summed E-state index contributed by atoms with van der Waals surface area (Å²) in [5.74, 6) is 1.96. The van der Waals surface area contributed by atoms with Gasteiger partial charge >= 0.3 is 0 Å². The first-order chi connectivity index (χ1) is 18.7. The highest BCUT2D eigenvalue weighted by molar-refractivity contribution is 5.82. The summed E-state index contributed by atoms with van der Waals surface area (Å²) in [5.41, 5.74) is 13.3. The summed E-state index contributed by atoms with van der Waals surface area (Å²) in [6, 6.07) is 9.91. The summed E-state index contributed by atoms with van der Waals surface area (Å²) in [6.45, 7) is 6.48. The van der Waals surface area contributed by atoms with E-state index in [1.165, 1.54) is 36.8 Å². The Morgan fingerprint density at radius 2 is 1.54 bits per heavy atom. The Morgan fingerprint density at radius 3 is 2.18 bits per heavy atom. The lowest BCUT2D eigenvalue weighted by Gasteiger charge is -2.10. The van der Waals surface area contributed by atoms with Crippen molar-refractivity contribution >= 4 is 28.5 Å². The van der Waals surface area contributed by atoms with Gasteiger partial charge in [-0.05, 0) is 84.9 Å². The van der Waals surface area contributed by atoms with Gasteiger partial charge in [0.1, 0.15) is 11.6 Å². The zero-order valence-corrected chi connectivity index (χ0v) is 22.7. The molecular weight excluding hydrogens is 488 g/mol. The third-order valence-corrected chi connectivity index (χ3v) is 7.84. The van der Waals surface area contributed by atoms with E-state index in [0.29, 0.717) is 17.1 Å². The van der Waals surface area contributed by atoms with Crippen LogP contribution in [0.25, 0.3) is 22.2 Å². The van der Waals surface area contributed by atoms with Gasteiger partial charge in [-0.3, -0.25) is 9.67 Å². The van der Waals surface area contributed by atoms with Gasteiger partial charge in [0.05, 0.1) is 29.1 Å². The SMILES string of the molecule is CC1(c2cnnc(N)c2)CC1.Cc1nn(C)cc1-c1cnc2ccc(Nc3cc(C4(C)CC4)cnn3)nc2c1. The Hall–Kier alpha value is -4.47. The monoisotopic (exact) mass is 520 g/mol. The number of hydrogen-bond donors (Lipinski definition) is 2. The average molecular weight is 521 g/mol. The summed E-state index contributed by atoms with van der Waals surface area (Å²) in [4.78, 5) is 9.29. The third-order valence-electron chi connectivity index (χ3n) is 7.84. The second-order valence-corrected chi connectivity index (χ2v) is 11.2. The standard InChI is InChI=1S/C21H21N7.C8H11N3/c1-13-16(12-28(3)27-13)14-8-18-17(22-10-14)4-5-19(24-18)25-20-9-15(11-23-26-20)21(2)6-7-21;1-8(2-3-8)6-4-7(9)11-10-5-6/h4-5,8-12H,6-7H2,1-3H3,(H,24,25,26);4-5H,2-3H2,1H3,(H2,9,11). The molecule has 7 rings (SSSR count). The molecule has 2 saturated carbocycles. The fourth-order valence-electron chi connectivity index (χ4n) is 4.66. The first-order valence-electron chi connectivity index (χ1n) is 13.2. The molecule has 0 saturated heterocycles. The van der Waals surface area contributed by atoms with Crippen LogP contribution in [0.1, 0.15) is 56.4 Å². The van der Waals surface area contributed by atoms with E-state index in [1.54, 1.807) is 0 Å². The van der Waals surface area contributed by atoms with Crippen LogP contribution in [-0.2, 0) is 17.9 Å². The second-order valence-electron chi connectivity index (χ2n) is 11.2. The van der Waals surface area contributed by atoms with Gasteiger partial charge in [-0.15, -0.1) is 10.2 Å². The number of aromatic nitrogens is 8. The first-order valence-corrected chi connectivity index (χ1v) is 13.2. The maximum Gasteiger partial charge on any atom is 0.154 e. The number of nitrogens with zero attached hydrogens (tertiary/aromatic N) is 8. The Kier molecular flexibility index (Phi) is 5.97. The molecule has 0 amide bonds. The lowest BCUT2D eigenvalue weighted by atomic mass is 10.0. The highest BCUT2D eigenvalue weighted by atomic mass is 15.2. The van der Waals surface area contributed by atoms with Crippen molar-refractivity contribution < 1.29 is 0 Å². The number of rotatable bonds is 5. The van der Waals surface area contributed by atoms with Crippen LogP contribution in [0.4, 0.5) is 17.5 Å². The molecule has 2 aliphatic rings. The van der Waals surface area contributed by atoms with Gasteiger partial charge in [-0.1, -0.05) is 13.8 Å². The third kappa shape index (κ3) is 5.27. The molecule has 0 spiro atoms. The number of aryl methyl sites for hydroxylation is 2. The van der Waals surface area contributed by atoms with E-state index >= 15 is 0 Å². The quantitative estimate of drug-likeness (QED) is 0.327. The maximum absolute atomic E-state index is 5.51. The predicted octanol–water partition coefficient (Wildman–Crippen LogP) is 5.03. The van der Waals surface area contributed by atoms with E-state index in [9.17, 15) is 0 Å². The largest absolute Gasteiger partial charge is 0.382 e. The molecule has 5 heterocycles. The molecule has 0 bridgehead atoms. The molecule has 0 aromatic carbocycles. The van der Waals surface area contributed by atoms with E-state index in [1.807, 2.05) is 67.7 Å². The molecule has 198 valence electrons. The van der Waals surface area contributed by atoms with E-state index in [2.05, 4.69) is 55.7 Å². The van der Waals surface area contributed by atoms with Crippen LogP contribution < -0.4 is 11.1 Å². The number of nitrogens with two attached hydrogens (primary N) is 1. The number of nitrogen functional groups attached to an aromatic ring is 1. The summed E-state index contributed by atoms with van der Waals surface area (Å²) in [5, 5.41) is 23.6. The van der Waals surface area contributed by atoms with Crippen molar-refractivity contribution in [3.63, 3.8) is 0 Å². The van der Waals surface area contributed by atoms with Crippen LogP contribution in [0.5, 0.6) is 0 Å². The van der Waals surface area contributed by atoms with Crippen molar-refractivity contribution in [3.05, 3.63) is 71.9 Å². The molecule has 39 heavy (non-hydrogen) atoms. The molecule has 3 N–H and O–H groups in total. The van der Waals surface area contributed by atoms with Crippen LogP contribution in [0.3, 0.4) is 0 Å². The fraction of sp³-hybridized carbons (Fsp3) is 0.345. The second kappa shape index (κ2) is 9.37. The van der Waals surface area contributed by atoms with Crippen LogP contribution in [0.15, 0.2) is 55.1 Å². The predicted molar refractivity (Wildman–Crippen MR) is 151 cm³/mol. The van der Waals surface area contributed by atoms with Gasteiger partial charge in [-0.2, -0.15) is 15.3 Å². The van der Waals surface area contributed by atoms with Gasteiger partial charge in [-0.25, -0.2) is 4.98 Å². The molecular formula is C29H32N10. The zero-order chi connectivity index (χ0) is 27.2. The van der Waals surface area contributed by atoms with Crippen molar-refractivity contribution in [1.29, 1.82) is 0 Å². The van der Waals surface area contributed by atoms with Gasteiger partial charge in [0.15, 0.2) is 5.82 Å². The van der Waals surface area contributed by atoms with Crippen LogP contribution in [-0.4, -0.2) is 40.1 Å². The smallest absolute Gasteiger partial charge is 0.154 e. The van der Waals surface area contributed by atoms with E-state index in [-0.39, 0.29) is 5.41 Å². The molecule has 0 atom stereocenters. The van der Waals surface area contributed by atoms with Crippen molar-refractivity contribution in [2.75, 3.05) is 11.1 Å². The topological polar surface area (TPSA) is 133 Å². The van der Waals surface area contributed by atoms with Crippen molar-refractivity contribution in [3.8, 4) is 11.1 Å². The van der Waals surface area contributed by atoms with Crippen molar-refractivity contribution in [2.45, 2.75) is 57.3 Å².